The quantitative estimate of drug-likeness (QED) is 0.859. The van der Waals surface area contributed by atoms with E-state index in [-0.39, 0.29) is 17.2 Å². The minimum atomic E-state index is -0.801. The first-order chi connectivity index (χ1) is 11.1. The second-order valence-electron chi connectivity index (χ2n) is 7.74. The fourth-order valence-corrected chi connectivity index (χ4v) is 4.35. The van der Waals surface area contributed by atoms with Gasteiger partial charge in [0.15, 0.2) is 0 Å². The van der Waals surface area contributed by atoms with Crippen molar-refractivity contribution >= 4 is 5.91 Å². The van der Waals surface area contributed by atoms with Gasteiger partial charge < -0.3 is 9.32 Å². The lowest BCUT2D eigenvalue weighted by Crippen LogP contribution is -2.53. The molecule has 126 valence electrons. The van der Waals surface area contributed by atoms with E-state index in [4.69, 9.17) is 4.42 Å². The van der Waals surface area contributed by atoms with Gasteiger partial charge in [-0.1, -0.05) is 6.92 Å². The van der Waals surface area contributed by atoms with Crippen LogP contribution < -0.4 is 0 Å². The van der Waals surface area contributed by atoms with Crippen molar-refractivity contribution in [1.82, 2.24) is 9.80 Å². The summed E-state index contributed by atoms with van der Waals surface area (Å²) in [5.41, 5.74) is -0.376. The van der Waals surface area contributed by atoms with Crippen molar-refractivity contribution in [3.05, 3.63) is 24.2 Å². The number of furan rings is 1. The molecule has 0 unspecified atom stereocenters. The number of likely N-dealkylation sites (tertiary alicyclic amines) is 2. The molecule has 1 aliphatic carbocycles. The molecular formula is C18H25FN2O2. The fraction of sp³-hybridized carbons (Fsp3) is 0.722. The van der Waals surface area contributed by atoms with Crippen LogP contribution in [-0.2, 0) is 11.3 Å². The van der Waals surface area contributed by atoms with Crippen LogP contribution in [0.2, 0.25) is 0 Å². The number of nitrogens with zero attached hydrogens (tertiary/aromatic N) is 2. The lowest BCUT2D eigenvalue weighted by atomic mass is 9.77. The summed E-state index contributed by atoms with van der Waals surface area (Å²) in [6.45, 7) is 5.63. The highest BCUT2D eigenvalue weighted by Crippen LogP contribution is 2.44. The van der Waals surface area contributed by atoms with E-state index in [1.807, 2.05) is 17.0 Å². The Labute approximate surface area is 136 Å². The standard InChI is InChI=1S/C18H25FN2O2/c1-13-9-15(13)17(22)21-6-4-16(19)18(12-21)5-7-20(11-18)10-14-3-2-8-23-14/h2-3,8,13,15-16H,4-7,9-12H2,1H3/t13-,15+,16-,18+/m1/s1. The van der Waals surface area contributed by atoms with Crippen LogP contribution >= 0.6 is 0 Å². The van der Waals surface area contributed by atoms with Gasteiger partial charge in [-0.05, 0) is 43.9 Å². The van der Waals surface area contributed by atoms with Crippen LogP contribution in [0.1, 0.15) is 31.9 Å². The molecular weight excluding hydrogens is 295 g/mol. The summed E-state index contributed by atoms with van der Waals surface area (Å²) in [7, 11) is 0. The summed E-state index contributed by atoms with van der Waals surface area (Å²) >= 11 is 0. The van der Waals surface area contributed by atoms with E-state index in [0.717, 1.165) is 38.2 Å². The predicted molar refractivity (Wildman–Crippen MR) is 84.4 cm³/mol. The number of alkyl halides is 1. The zero-order chi connectivity index (χ0) is 16.0. The predicted octanol–water partition coefficient (Wildman–Crippen LogP) is 2.70. The first-order valence-corrected chi connectivity index (χ1v) is 8.75. The van der Waals surface area contributed by atoms with Crippen molar-refractivity contribution in [2.24, 2.45) is 17.3 Å². The molecule has 3 heterocycles. The molecule has 2 saturated heterocycles. The van der Waals surface area contributed by atoms with Crippen molar-refractivity contribution < 1.29 is 13.6 Å². The van der Waals surface area contributed by atoms with Crippen LogP contribution in [0.5, 0.6) is 0 Å². The summed E-state index contributed by atoms with van der Waals surface area (Å²) in [6, 6.07) is 3.85. The number of halogens is 1. The average Bonchev–Trinajstić information content (AvgIpc) is 2.92. The second-order valence-corrected chi connectivity index (χ2v) is 7.74. The molecule has 5 heteroatoms. The van der Waals surface area contributed by atoms with Crippen LogP contribution in [0.25, 0.3) is 0 Å². The highest BCUT2D eigenvalue weighted by Gasteiger charge is 2.51. The lowest BCUT2D eigenvalue weighted by molar-refractivity contribution is -0.138. The van der Waals surface area contributed by atoms with Crippen molar-refractivity contribution in [3.8, 4) is 0 Å². The molecule has 0 aromatic carbocycles. The zero-order valence-electron chi connectivity index (χ0n) is 13.7. The molecule has 0 N–H and O–H groups in total. The Morgan fingerprint density at radius 1 is 1.43 bits per heavy atom. The second kappa shape index (κ2) is 5.62. The van der Waals surface area contributed by atoms with Crippen LogP contribution in [0.15, 0.2) is 22.8 Å². The minimum Gasteiger partial charge on any atom is -0.468 e. The summed E-state index contributed by atoms with van der Waals surface area (Å²) in [5.74, 6) is 1.89. The van der Waals surface area contributed by atoms with E-state index in [2.05, 4.69) is 11.8 Å². The molecule has 0 radical (unpaired) electrons. The smallest absolute Gasteiger partial charge is 0.225 e. The number of amides is 1. The summed E-state index contributed by atoms with van der Waals surface area (Å²) in [5, 5.41) is 0. The maximum atomic E-state index is 14.7. The monoisotopic (exact) mass is 320 g/mol. The SMILES string of the molecule is C[C@@H]1C[C@@H]1C(=O)N1CC[C@@H](F)[C@]2(CCN(Cc3ccco3)C2)C1. The van der Waals surface area contributed by atoms with Crippen LogP contribution in [0, 0.1) is 17.3 Å². The number of piperidine rings is 1. The molecule has 1 saturated carbocycles. The minimum absolute atomic E-state index is 0.198. The molecule has 4 rings (SSSR count). The van der Waals surface area contributed by atoms with Crippen LogP contribution in [0.4, 0.5) is 4.39 Å². The van der Waals surface area contributed by atoms with Crippen molar-refractivity contribution in [2.45, 2.75) is 38.9 Å². The van der Waals surface area contributed by atoms with Crippen molar-refractivity contribution in [1.29, 1.82) is 0 Å². The molecule has 1 amide bonds. The van der Waals surface area contributed by atoms with Gasteiger partial charge in [0.05, 0.1) is 12.8 Å². The van der Waals surface area contributed by atoms with Crippen molar-refractivity contribution in [2.75, 3.05) is 26.2 Å². The van der Waals surface area contributed by atoms with E-state index < -0.39 is 6.17 Å². The molecule has 3 aliphatic rings. The summed E-state index contributed by atoms with van der Waals surface area (Å²) in [4.78, 5) is 16.7. The van der Waals surface area contributed by atoms with Gasteiger partial charge in [0.2, 0.25) is 5.91 Å². The molecule has 2 aliphatic heterocycles. The van der Waals surface area contributed by atoms with Crippen LogP contribution in [0.3, 0.4) is 0 Å². The maximum absolute atomic E-state index is 14.7. The van der Waals surface area contributed by atoms with Gasteiger partial charge in [-0.25, -0.2) is 4.39 Å². The lowest BCUT2D eigenvalue weighted by Gasteiger charge is -2.43. The molecule has 1 aromatic heterocycles. The van der Waals surface area contributed by atoms with Gasteiger partial charge >= 0.3 is 0 Å². The van der Waals surface area contributed by atoms with Gasteiger partial charge in [0.1, 0.15) is 11.9 Å². The first-order valence-electron chi connectivity index (χ1n) is 8.75. The summed E-state index contributed by atoms with van der Waals surface area (Å²) in [6.07, 6.45) is 3.20. The third-order valence-electron chi connectivity index (χ3n) is 5.98. The third kappa shape index (κ3) is 2.80. The first kappa shape index (κ1) is 15.2. The molecule has 4 nitrogen and oxygen atoms in total. The Kier molecular flexibility index (Phi) is 3.71. The molecule has 1 spiro atoms. The number of hydrogen-bond acceptors (Lipinski definition) is 3. The van der Waals surface area contributed by atoms with E-state index in [1.54, 1.807) is 6.26 Å². The maximum Gasteiger partial charge on any atom is 0.225 e. The van der Waals surface area contributed by atoms with Gasteiger partial charge in [0.25, 0.3) is 0 Å². The Bertz CT molecular complexity index is 576. The largest absolute Gasteiger partial charge is 0.468 e. The Morgan fingerprint density at radius 2 is 2.26 bits per heavy atom. The Balaban J connectivity index is 1.42. The summed E-state index contributed by atoms with van der Waals surface area (Å²) < 4.78 is 20.1. The third-order valence-corrected chi connectivity index (χ3v) is 5.98. The van der Waals surface area contributed by atoms with E-state index in [1.165, 1.54) is 0 Å². The molecule has 3 fully saturated rings. The molecule has 4 atom stereocenters. The Hall–Kier alpha value is -1.36. The van der Waals surface area contributed by atoms with Crippen molar-refractivity contribution in [3.63, 3.8) is 0 Å². The zero-order valence-corrected chi connectivity index (χ0v) is 13.7. The number of rotatable bonds is 3. The van der Waals surface area contributed by atoms with Gasteiger partial charge in [-0.15, -0.1) is 0 Å². The normalized spacial score (nSPS) is 37.5. The number of hydrogen-bond donors (Lipinski definition) is 0. The van der Waals surface area contributed by atoms with Crippen LogP contribution in [-0.4, -0.2) is 48.1 Å². The molecule has 0 bridgehead atoms. The van der Waals surface area contributed by atoms with Gasteiger partial charge in [0, 0.05) is 31.0 Å². The molecule has 1 aromatic rings. The Morgan fingerprint density at radius 3 is 2.96 bits per heavy atom. The molecule has 23 heavy (non-hydrogen) atoms. The van der Waals surface area contributed by atoms with E-state index >= 15 is 0 Å². The highest BCUT2D eigenvalue weighted by molar-refractivity contribution is 5.81. The number of carbonyl (C=O) groups excluding carboxylic acids is 1. The fourth-order valence-electron chi connectivity index (χ4n) is 4.35. The number of carbonyl (C=O) groups is 1. The average molecular weight is 320 g/mol. The van der Waals surface area contributed by atoms with E-state index in [9.17, 15) is 9.18 Å². The van der Waals surface area contributed by atoms with Gasteiger partial charge in [-0.2, -0.15) is 0 Å². The van der Waals surface area contributed by atoms with E-state index in [0.29, 0.717) is 25.4 Å². The van der Waals surface area contributed by atoms with Gasteiger partial charge in [-0.3, -0.25) is 9.69 Å². The topological polar surface area (TPSA) is 36.7 Å². The highest BCUT2D eigenvalue weighted by atomic mass is 19.1.